The van der Waals surface area contributed by atoms with Gasteiger partial charge in [-0.2, -0.15) is 4.39 Å². The van der Waals surface area contributed by atoms with E-state index in [0.717, 1.165) is 12.8 Å². The van der Waals surface area contributed by atoms with Crippen molar-refractivity contribution in [3.63, 3.8) is 0 Å². The molecule has 0 saturated heterocycles. The Bertz CT molecular complexity index is 111. The number of hydrogen-bond acceptors (Lipinski definition) is 1. The molecule has 1 saturated carbocycles. The molecule has 2 unspecified atom stereocenters. The topological polar surface area (TPSA) is 17.1 Å². The fourth-order valence-electron chi connectivity index (χ4n) is 0.977. The molecule has 2 atom stereocenters. The smallest absolute Gasteiger partial charge is 0.261 e. The van der Waals surface area contributed by atoms with Crippen LogP contribution in [0.25, 0.3) is 0 Å². The second-order valence-electron chi connectivity index (χ2n) is 2.31. The average molecular weight is 116 g/mol. The number of halogens is 1. The molecule has 0 radical (unpaired) electrons. The Labute approximate surface area is 47.9 Å². The predicted molar refractivity (Wildman–Crippen MR) is 28.0 cm³/mol. The van der Waals surface area contributed by atoms with Crippen LogP contribution in [0.3, 0.4) is 0 Å². The van der Waals surface area contributed by atoms with Crippen molar-refractivity contribution in [1.29, 1.82) is 0 Å². The summed E-state index contributed by atoms with van der Waals surface area (Å²) in [5.41, 5.74) is 0. The minimum atomic E-state index is -1.11. The van der Waals surface area contributed by atoms with E-state index in [1.54, 1.807) is 0 Å². The minimum Gasteiger partial charge on any atom is -0.261 e. The molecular weight excluding hydrogens is 107 g/mol. The van der Waals surface area contributed by atoms with Crippen LogP contribution in [-0.4, -0.2) is 6.04 Å². The highest BCUT2D eigenvalue weighted by Crippen LogP contribution is 2.41. The molecule has 0 aromatic carbocycles. The highest BCUT2D eigenvalue weighted by atomic mass is 19.1. The molecule has 1 aliphatic carbocycles. The van der Waals surface area contributed by atoms with Crippen LogP contribution in [0.4, 0.5) is 4.39 Å². The van der Waals surface area contributed by atoms with Crippen LogP contribution >= 0.6 is 0 Å². The van der Waals surface area contributed by atoms with Gasteiger partial charge in [-0.3, -0.25) is 4.79 Å². The van der Waals surface area contributed by atoms with Gasteiger partial charge < -0.3 is 0 Å². The van der Waals surface area contributed by atoms with Crippen LogP contribution in [0.5, 0.6) is 0 Å². The van der Waals surface area contributed by atoms with E-state index in [2.05, 4.69) is 0 Å². The molecule has 8 heavy (non-hydrogen) atoms. The van der Waals surface area contributed by atoms with Crippen LogP contribution < -0.4 is 0 Å². The molecule has 1 aliphatic rings. The fourth-order valence-corrected chi connectivity index (χ4v) is 0.977. The van der Waals surface area contributed by atoms with Crippen molar-refractivity contribution in [2.75, 3.05) is 0 Å². The van der Waals surface area contributed by atoms with Crippen molar-refractivity contribution in [1.82, 2.24) is 0 Å². The Hall–Kier alpha value is -0.400. The van der Waals surface area contributed by atoms with Crippen molar-refractivity contribution >= 4 is 6.04 Å². The van der Waals surface area contributed by atoms with Gasteiger partial charge in [-0.25, -0.2) is 0 Å². The summed E-state index contributed by atoms with van der Waals surface area (Å²) < 4.78 is 11.7. The first-order valence-electron chi connectivity index (χ1n) is 2.95. The maximum absolute atomic E-state index is 11.7. The number of hydrogen-bond donors (Lipinski definition) is 0. The molecule has 1 fully saturated rings. The maximum atomic E-state index is 11.7. The van der Waals surface area contributed by atoms with E-state index in [4.69, 9.17) is 0 Å². The van der Waals surface area contributed by atoms with Gasteiger partial charge in [0.2, 0.25) is 0 Å². The van der Waals surface area contributed by atoms with Crippen LogP contribution in [0.15, 0.2) is 0 Å². The molecule has 0 aromatic heterocycles. The number of rotatable bonds is 2. The lowest BCUT2D eigenvalue weighted by Crippen LogP contribution is -1.91. The van der Waals surface area contributed by atoms with Gasteiger partial charge in [-0.15, -0.1) is 0 Å². The summed E-state index contributed by atoms with van der Waals surface area (Å²) in [6.45, 7) is 1.98. The molecule has 0 spiro atoms. The Kier molecular flexibility index (Phi) is 1.32. The summed E-state index contributed by atoms with van der Waals surface area (Å²) in [7, 11) is 0. The molecule has 0 N–H and O–H groups in total. The SMILES string of the molecule is CCC1CC1C(=O)F. The van der Waals surface area contributed by atoms with Crippen molar-refractivity contribution in [3.05, 3.63) is 0 Å². The summed E-state index contributed by atoms with van der Waals surface area (Å²) in [6, 6.07) is -1.11. The van der Waals surface area contributed by atoms with E-state index in [9.17, 15) is 9.18 Å². The molecule has 0 aromatic rings. The van der Waals surface area contributed by atoms with Crippen molar-refractivity contribution in [2.24, 2.45) is 11.8 Å². The lowest BCUT2D eigenvalue weighted by molar-refractivity contribution is -0.130. The minimum absolute atomic E-state index is 0.222. The average Bonchev–Trinajstić information content (AvgIpc) is 2.42. The predicted octanol–water partition coefficient (Wildman–Crippen LogP) is 1.53. The summed E-state index contributed by atoms with van der Waals surface area (Å²) in [6.07, 6.45) is 1.73. The van der Waals surface area contributed by atoms with E-state index in [1.807, 2.05) is 6.92 Å². The zero-order chi connectivity index (χ0) is 6.15. The summed E-state index contributed by atoms with van der Waals surface area (Å²) in [5, 5.41) is 0. The second kappa shape index (κ2) is 1.84. The summed E-state index contributed by atoms with van der Waals surface area (Å²) in [5.74, 6) is 0.146. The first-order chi connectivity index (χ1) is 3.75. The molecule has 0 bridgehead atoms. The zero-order valence-corrected chi connectivity index (χ0v) is 4.86. The van der Waals surface area contributed by atoms with E-state index in [-0.39, 0.29) is 5.92 Å². The largest absolute Gasteiger partial charge is 0.304 e. The van der Waals surface area contributed by atoms with Gasteiger partial charge in [0.1, 0.15) is 0 Å². The highest BCUT2D eigenvalue weighted by Gasteiger charge is 2.41. The van der Waals surface area contributed by atoms with E-state index >= 15 is 0 Å². The molecular formula is C6H9FO. The third-order valence-corrected chi connectivity index (χ3v) is 1.74. The Balaban J connectivity index is 2.26. The Morgan fingerprint density at radius 2 is 2.50 bits per heavy atom. The fraction of sp³-hybridized carbons (Fsp3) is 0.833. The van der Waals surface area contributed by atoms with Gasteiger partial charge >= 0.3 is 6.04 Å². The van der Waals surface area contributed by atoms with Gasteiger partial charge in [0.05, 0.1) is 5.92 Å². The third kappa shape index (κ3) is 0.881. The van der Waals surface area contributed by atoms with Gasteiger partial charge in [0.15, 0.2) is 0 Å². The molecule has 0 aliphatic heterocycles. The van der Waals surface area contributed by atoms with E-state index < -0.39 is 6.04 Å². The monoisotopic (exact) mass is 116 g/mol. The van der Waals surface area contributed by atoms with Crippen molar-refractivity contribution in [3.8, 4) is 0 Å². The molecule has 46 valence electrons. The Morgan fingerprint density at radius 3 is 2.62 bits per heavy atom. The molecule has 0 amide bonds. The van der Waals surface area contributed by atoms with Crippen LogP contribution in [0.2, 0.25) is 0 Å². The molecule has 0 heterocycles. The zero-order valence-electron chi connectivity index (χ0n) is 4.86. The van der Waals surface area contributed by atoms with Crippen molar-refractivity contribution in [2.45, 2.75) is 19.8 Å². The van der Waals surface area contributed by atoms with Crippen LogP contribution in [-0.2, 0) is 4.79 Å². The first kappa shape index (κ1) is 5.73. The van der Waals surface area contributed by atoms with E-state index in [0.29, 0.717) is 5.92 Å². The maximum Gasteiger partial charge on any atom is 0.304 e. The number of carbonyl (C=O) groups excluding carboxylic acids is 1. The van der Waals surface area contributed by atoms with Gasteiger partial charge in [0, 0.05) is 0 Å². The summed E-state index contributed by atoms with van der Waals surface area (Å²) in [4.78, 5) is 9.91. The molecule has 1 rings (SSSR count). The standard InChI is InChI=1S/C6H9FO/c1-2-4-3-5(4)6(7)8/h4-5H,2-3H2,1H3. The van der Waals surface area contributed by atoms with Crippen LogP contribution in [0, 0.1) is 11.8 Å². The van der Waals surface area contributed by atoms with Crippen molar-refractivity contribution < 1.29 is 9.18 Å². The highest BCUT2D eigenvalue weighted by molar-refractivity contribution is 5.74. The third-order valence-electron chi connectivity index (χ3n) is 1.74. The Morgan fingerprint density at radius 1 is 1.88 bits per heavy atom. The lowest BCUT2D eigenvalue weighted by atomic mass is 10.3. The lowest BCUT2D eigenvalue weighted by Gasteiger charge is -1.82. The first-order valence-corrected chi connectivity index (χ1v) is 2.95. The normalized spacial score (nSPS) is 34.8. The number of carbonyl (C=O) groups is 1. The van der Waals surface area contributed by atoms with Crippen LogP contribution in [0.1, 0.15) is 19.8 Å². The van der Waals surface area contributed by atoms with Gasteiger partial charge in [-0.05, 0) is 12.3 Å². The summed E-state index contributed by atoms with van der Waals surface area (Å²) >= 11 is 0. The van der Waals surface area contributed by atoms with E-state index in [1.165, 1.54) is 0 Å². The van der Waals surface area contributed by atoms with Gasteiger partial charge in [0.25, 0.3) is 0 Å². The molecule has 2 heteroatoms. The quantitative estimate of drug-likeness (QED) is 0.500. The molecule has 1 nitrogen and oxygen atoms in total. The second-order valence-corrected chi connectivity index (χ2v) is 2.31. The van der Waals surface area contributed by atoms with Gasteiger partial charge in [-0.1, -0.05) is 13.3 Å².